The third kappa shape index (κ3) is 3.15. The molecule has 0 unspecified atom stereocenters. The minimum absolute atomic E-state index is 0.0444. The Morgan fingerprint density at radius 2 is 2.04 bits per heavy atom. The largest absolute Gasteiger partial charge is 0.497 e. The molecule has 4 rings (SSSR count). The van der Waals surface area contributed by atoms with Gasteiger partial charge in [0.05, 0.1) is 7.11 Å². The fourth-order valence-electron chi connectivity index (χ4n) is 4.04. The summed E-state index contributed by atoms with van der Waals surface area (Å²) in [5.74, 6) is 1.82. The molecule has 1 fully saturated rings. The van der Waals surface area contributed by atoms with E-state index in [-0.39, 0.29) is 11.9 Å². The molecule has 1 saturated heterocycles. The Morgan fingerprint density at radius 3 is 2.84 bits per heavy atom. The lowest BCUT2D eigenvalue weighted by Gasteiger charge is -2.24. The molecule has 1 aromatic heterocycles. The van der Waals surface area contributed by atoms with Crippen molar-refractivity contribution in [1.82, 2.24) is 10.1 Å². The predicted molar refractivity (Wildman–Crippen MR) is 93.9 cm³/mol. The van der Waals surface area contributed by atoms with Gasteiger partial charge in [0.25, 0.3) is 5.91 Å². The van der Waals surface area contributed by atoms with E-state index >= 15 is 0 Å². The standard InChI is InChI=1S/C20H24N2O3/c1-24-16-10-8-14(9-11-16)13-15-5-4-12-22(15)20(23)19-17-6-2-3-7-18(17)25-21-19/h8-11,15H,2-7,12-13H2,1H3/t15-/m1/s1. The summed E-state index contributed by atoms with van der Waals surface area (Å²) in [5, 5.41) is 4.12. The Balaban J connectivity index is 1.50. The van der Waals surface area contributed by atoms with Crippen molar-refractivity contribution in [2.24, 2.45) is 0 Å². The highest BCUT2D eigenvalue weighted by atomic mass is 16.5. The van der Waals surface area contributed by atoms with Crippen LogP contribution < -0.4 is 4.74 Å². The summed E-state index contributed by atoms with van der Waals surface area (Å²) in [7, 11) is 1.67. The third-order valence-corrected chi connectivity index (χ3v) is 5.42. The molecule has 132 valence electrons. The number of hydrogen-bond donors (Lipinski definition) is 0. The molecule has 1 aliphatic carbocycles. The number of carbonyl (C=O) groups excluding carboxylic acids is 1. The SMILES string of the molecule is COc1ccc(C[C@H]2CCCN2C(=O)c2noc3c2CCCC3)cc1. The molecule has 0 radical (unpaired) electrons. The van der Waals surface area contributed by atoms with Crippen LogP contribution in [-0.4, -0.2) is 35.7 Å². The zero-order valence-electron chi connectivity index (χ0n) is 14.7. The monoisotopic (exact) mass is 340 g/mol. The molecule has 5 heteroatoms. The van der Waals surface area contributed by atoms with Crippen molar-refractivity contribution in [2.75, 3.05) is 13.7 Å². The Hall–Kier alpha value is -2.30. The second-order valence-corrected chi connectivity index (χ2v) is 6.99. The van der Waals surface area contributed by atoms with Crippen molar-refractivity contribution in [3.05, 3.63) is 46.8 Å². The molecule has 5 nitrogen and oxygen atoms in total. The van der Waals surface area contributed by atoms with Crippen LogP contribution in [0.4, 0.5) is 0 Å². The van der Waals surface area contributed by atoms with Gasteiger partial charge in [0.2, 0.25) is 0 Å². The summed E-state index contributed by atoms with van der Waals surface area (Å²) in [6.45, 7) is 0.807. The van der Waals surface area contributed by atoms with E-state index in [1.165, 1.54) is 5.56 Å². The maximum Gasteiger partial charge on any atom is 0.276 e. The van der Waals surface area contributed by atoms with Crippen LogP contribution in [-0.2, 0) is 19.3 Å². The minimum atomic E-state index is 0.0444. The molecule has 0 spiro atoms. The van der Waals surface area contributed by atoms with Crippen LogP contribution in [0.5, 0.6) is 5.75 Å². The van der Waals surface area contributed by atoms with Crippen LogP contribution in [0.25, 0.3) is 0 Å². The summed E-state index contributed by atoms with van der Waals surface area (Å²) in [5.41, 5.74) is 2.83. The first-order chi connectivity index (χ1) is 12.3. The minimum Gasteiger partial charge on any atom is -0.497 e. The highest BCUT2D eigenvalue weighted by molar-refractivity contribution is 5.94. The van der Waals surface area contributed by atoms with Crippen molar-refractivity contribution in [1.29, 1.82) is 0 Å². The van der Waals surface area contributed by atoms with Crippen molar-refractivity contribution in [3.8, 4) is 5.75 Å². The Labute approximate surface area is 147 Å². The van der Waals surface area contributed by atoms with E-state index in [4.69, 9.17) is 9.26 Å². The topological polar surface area (TPSA) is 55.6 Å². The molecule has 2 aliphatic rings. The first-order valence-electron chi connectivity index (χ1n) is 9.17. The molecular formula is C20H24N2O3. The van der Waals surface area contributed by atoms with Gasteiger partial charge in [-0.05, 0) is 56.2 Å². The van der Waals surface area contributed by atoms with E-state index in [1.807, 2.05) is 17.0 Å². The molecular weight excluding hydrogens is 316 g/mol. The van der Waals surface area contributed by atoms with Gasteiger partial charge < -0.3 is 14.2 Å². The number of rotatable bonds is 4. The van der Waals surface area contributed by atoms with Gasteiger partial charge in [-0.15, -0.1) is 0 Å². The molecule has 2 heterocycles. The number of amides is 1. The number of aryl methyl sites for hydroxylation is 1. The van der Waals surface area contributed by atoms with Gasteiger partial charge >= 0.3 is 0 Å². The van der Waals surface area contributed by atoms with E-state index in [0.717, 1.165) is 68.6 Å². The van der Waals surface area contributed by atoms with Crippen LogP contribution in [0.15, 0.2) is 28.8 Å². The summed E-state index contributed by atoms with van der Waals surface area (Å²) < 4.78 is 10.7. The lowest BCUT2D eigenvalue weighted by Crippen LogP contribution is -2.37. The van der Waals surface area contributed by atoms with E-state index in [0.29, 0.717) is 5.69 Å². The molecule has 0 saturated carbocycles. The molecule has 1 amide bonds. The summed E-state index contributed by atoms with van der Waals surface area (Å²) in [6.07, 6.45) is 7.02. The van der Waals surface area contributed by atoms with Crippen molar-refractivity contribution < 1.29 is 14.1 Å². The van der Waals surface area contributed by atoms with Gasteiger partial charge in [0.15, 0.2) is 5.69 Å². The quantitative estimate of drug-likeness (QED) is 0.856. The number of aromatic nitrogens is 1. The van der Waals surface area contributed by atoms with Crippen LogP contribution in [0.3, 0.4) is 0 Å². The molecule has 1 aliphatic heterocycles. The average molecular weight is 340 g/mol. The van der Waals surface area contributed by atoms with E-state index in [1.54, 1.807) is 7.11 Å². The molecule has 2 aromatic rings. The molecule has 25 heavy (non-hydrogen) atoms. The van der Waals surface area contributed by atoms with Crippen molar-refractivity contribution in [2.45, 2.75) is 51.0 Å². The highest BCUT2D eigenvalue weighted by Crippen LogP contribution is 2.28. The molecule has 0 bridgehead atoms. The zero-order valence-corrected chi connectivity index (χ0v) is 14.7. The number of methoxy groups -OCH3 is 1. The van der Waals surface area contributed by atoms with Gasteiger partial charge in [-0.2, -0.15) is 0 Å². The lowest BCUT2D eigenvalue weighted by atomic mass is 9.96. The average Bonchev–Trinajstić information content (AvgIpc) is 3.29. The molecule has 1 aromatic carbocycles. The van der Waals surface area contributed by atoms with Crippen LogP contribution in [0.1, 0.15) is 53.1 Å². The second-order valence-electron chi connectivity index (χ2n) is 6.99. The number of ether oxygens (including phenoxy) is 1. The molecule has 0 N–H and O–H groups in total. The summed E-state index contributed by atoms with van der Waals surface area (Å²) >= 11 is 0. The van der Waals surface area contributed by atoms with Crippen LogP contribution in [0.2, 0.25) is 0 Å². The van der Waals surface area contributed by atoms with Gasteiger partial charge in [0.1, 0.15) is 11.5 Å². The predicted octanol–water partition coefficient (Wildman–Crippen LogP) is 3.41. The normalized spacial score (nSPS) is 19.7. The highest BCUT2D eigenvalue weighted by Gasteiger charge is 2.33. The number of carbonyl (C=O) groups is 1. The Kier molecular flexibility index (Phi) is 4.47. The van der Waals surface area contributed by atoms with E-state index in [9.17, 15) is 4.79 Å². The van der Waals surface area contributed by atoms with Gasteiger partial charge in [-0.1, -0.05) is 17.3 Å². The first-order valence-corrected chi connectivity index (χ1v) is 9.17. The Bertz CT molecular complexity index is 751. The number of benzene rings is 1. The first kappa shape index (κ1) is 16.2. The van der Waals surface area contributed by atoms with Crippen LogP contribution >= 0.6 is 0 Å². The van der Waals surface area contributed by atoms with Gasteiger partial charge in [-0.25, -0.2) is 0 Å². The summed E-state index contributed by atoms with van der Waals surface area (Å²) in [6, 6.07) is 8.35. The number of likely N-dealkylation sites (tertiary alicyclic amines) is 1. The van der Waals surface area contributed by atoms with Crippen LogP contribution in [0, 0.1) is 0 Å². The lowest BCUT2D eigenvalue weighted by molar-refractivity contribution is 0.0725. The number of hydrogen-bond acceptors (Lipinski definition) is 4. The maximum atomic E-state index is 13.1. The molecule has 1 atom stereocenters. The third-order valence-electron chi connectivity index (χ3n) is 5.42. The van der Waals surface area contributed by atoms with Gasteiger partial charge in [0, 0.05) is 24.6 Å². The summed E-state index contributed by atoms with van der Waals surface area (Å²) in [4.78, 5) is 15.1. The smallest absolute Gasteiger partial charge is 0.276 e. The Morgan fingerprint density at radius 1 is 1.24 bits per heavy atom. The van der Waals surface area contributed by atoms with E-state index in [2.05, 4.69) is 17.3 Å². The van der Waals surface area contributed by atoms with E-state index < -0.39 is 0 Å². The second kappa shape index (κ2) is 6.90. The van der Waals surface area contributed by atoms with Crippen molar-refractivity contribution in [3.63, 3.8) is 0 Å². The number of nitrogens with zero attached hydrogens (tertiary/aromatic N) is 2. The maximum absolute atomic E-state index is 13.1. The van der Waals surface area contributed by atoms with Crippen molar-refractivity contribution >= 4 is 5.91 Å². The number of fused-ring (bicyclic) bond motifs is 1. The fraction of sp³-hybridized carbons (Fsp3) is 0.500. The van der Waals surface area contributed by atoms with Gasteiger partial charge in [-0.3, -0.25) is 4.79 Å². The fourth-order valence-corrected chi connectivity index (χ4v) is 4.04. The zero-order chi connectivity index (χ0) is 17.2.